The molecule has 2 aliphatic heterocycles. The summed E-state index contributed by atoms with van der Waals surface area (Å²) >= 11 is 5.93. The lowest BCUT2D eigenvalue weighted by Crippen LogP contribution is -2.68. The summed E-state index contributed by atoms with van der Waals surface area (Å²) in [5.41, 5.74) is 2.16. The Kier molecular flexibility index (Phi) is 11.1. The van der Waals surface area contributed by atoms with Gasteiger partial charge in [0.15, 0.2) is 11.6 Å². The maximum atomic E-state index is 13.3. The summed E-state index contributed by atoms with van der Waals surface area (Å²) in [6.07, 6.45) is 15.7. The molecule has 6 aromatic rings. The number of amides is 2. The Morgan fingerprint density at radius 2 is 1.18 bits per heavy atom. The summed E-state index contributed by atoms with van der Waals surface area (Å²) in [5.74, 6) is 3.12. The molecule has 0 radical (unpaired) electrons. The average molecular weight is 849 g/mol. The molecule has 6 heterocycles. The number of likely N-dealkylation sites (N-methyl/N-ethyl adjacent to an activating group) is 2. The van der Waals surface area contributed by atoms with Crippen molar-refractivity contribution < 1.29 is 18.4 Å². The Labute approximate surface area is 357 Å². The van der Waals surface area contributed by atoms with E-state index in [1.165, 1.54) is 24.3 Å². The van der Waals surface area contributed by atoms with E-state index in [1.807, 2.05) is 0 Å². The molecule has 14 nitrogen and oxygen atoms in total. The van der Waals surface area contributed by atoms with Crippen LogP contribution >= 0.6 is 11.6 Å². The third-order valence-electron chi connectivity index (χ3n) is 11.9. The Bertz CT molecular complexity index is 2540. The van der Waals surface area contributed by atoms with Gasteiger partial charge in [-0.15, -0.1) is 0 Å². The SMILES string of the molecule is CC(C)N1c2nc(-n3ccnc3-c3ccc(F)cc3)ncc2N(C)C(=O)C12CCC2.CC(C)N1c2nc(Cl)ncc2N(C)C(=O)C12CCC2.Fc1ccc(-c2ncc[nH]2)cc1. The molecule has 316 valence electrons. The van der Waals surface area contributed by atoms with E-state index in [9.17, 15) is 18.4 Å². The van der Waals surface area contributed by atoms with E-state index in [0.29, 0.717) is 17.5 Å². The first-order valence-electron chi connectivity index (χ1n) is 20.4. The van der Waals surface area contributed by atoms with Crippen molar-refractivity contribution in [1.29, 1.82) is 0 Å². The molecule has 2 fully saturated rings. The highest BCUT2D eigenvalue weighted by Gasteiger charge is 2.57. The van der Waals surface area contributed by atoms with Crippen molar-refractivity contribution in [2.24, 2.45) is 0 Å². The summed E-state index contributed by atoms with van der Waals surface area (Å²) in [6.45, 7) is 8.34. The number of carbonyl (C=O) groups excluding carboxylic acids is 2. The zero-order valence-electron chi connectivity index (χ0n) is 34.8. The Balaban J connectivity index is 0.000000141. The average Bonchev–Trinajstić information content (AvgIpc) is 3.94. The molecule has 17 heteroatoms. The van der Waals surface area contributed by atoms with Crippen LogP contribution in [0, 0.1) is 11.6 Å². The second-order valence-corrected chi connectivity index (χ2v) is 16.6. The maximum Gasteiger partial charge on any atom is 0.252 e. The number of H-pyrrole nitrogens is 1. The minimum atomic E-state index is -0.518. The van der Waals surface area contributed by atoms with E-state index < -0.39 is 11.1 Å². The van der Waals surface area contributed by atoms with Crippen molar-refractivity contribution in [2.75, 3.05) is 33.7 Å². The molecule has 0 bridgehead atoms. The zero-order chi connectivity index (χ0) is 43.2. The van der Waals surface area contributed by atoms with Crippen molar-refractivity contribution in [3.8, 4) is 28.7 Å². The molecule has 2 aliphatic carbocycles. The maximum absolute atomic E-state index is 13.3. The number of carbonyl (C=O) groups is 2. The van der Waals surface area contributed by atoms with Gasteiger partial charge >= 0.3 is 0 Å². The topological polar surface area (TPSA) is 145 Å². The molecule has 61 heavy (non-hydrogen) atoms. The van der Waals surface area contributed by atoms with Gasteiger partial charge in [-0.1, -0.05) is 0 Å². The fourth-order valence-corrected chi connectivity index (χ4v) is 8.95. The Morgan fingerprint density at radius 1 is 0.672 bits per heavy atom. The lowest BCUT2D eigenvalue weighted by molar-refractivity contribution is -0.127. The van der Waals surface area contributed by atoms with Crippen molar-refractivity contribution >= 4 is 46.4 Å². The molecule has 4 aromatic heterocycles. The first-order valence-corrected chi connectivity index (χ1v) is 20.7. The highest BCUT2D eigenvalue weighted by atomic mass is 35.5. The van der Waals surface area contributed by atoms with Gasteiger partial charge in [-0.05, 0) is 126 Å². The summed E-state index contributed by atoms with van der Waals surface area (Å²) < 4.78 is 27.6. The van der Waals surface area contributed by atoms with Crippen LogP contribution in [0.2, 0.25) is 5.28 Å². The van der Waals surface area contributed by atoms with Crippen LogP contribution in [0.25, 0.3) is 28.7 Å². The van der Waals surface area contributed by atoms with E-state index in [0.717, 1.165) is 72.8 Å². The highest BCUT2D eigenvalue weighted by Crippen LogP contribution is 2.50. The first-order chi connectivity index (χ1) is 29.3. The number of halogens is 3. The van der Waals surface area contributed by atoms with Crippen LogP contribution in [0.3, 0.4) is 0 Å². The molecular formula is C44H47ClF2N12O2. The zero-order valence-corrected chi connectivity index (χ0v) is 35.6. The van der Waals surface area contributed by atoms with Crippen molar-refractivity contribution in [1.82, 2.24) is 39.5 Å². The van der Waals surface area contributed by atoms with Crippen LogP contribution in [0.15, 0.2) is 85.7 Å². The first kappa shape index (κ1) is 41.4. The van der Waals surface area contributed by atoms with Crippen LogP contribution in [-0.2, 0) is 9.59 Å². The van der Waals surface area contributed by atoms with Crippen LogP contribution in [0.4, 0.5) is 31.8 Å². The van der Waals surface area contributed by atoms with Crippen LogP contribution in [-0.4, -0.2) is 88.5 Å². The molecule has 2 saturated carbocycles. The smallest absolute Gasteiger partial charge is 0.252 e. The fraction of sp³-hybridized carbons (Fsp3) is 0.364. The molecule has 10 rings (SSSR count). The second kappa shape index (κ2) is 16.3. The van der Waals surface area contributed by atoms with Gasteiger partial charge in [0, 0.05) is 62.1 Å². The monoisotopic (exact) mass is 848 g/mol. The van der Waals surface area contributed by atoms with Gasteiger partial charge < -0.3 is 24.6 Å². The largest absolute Gasteiger partial charge is 0.345 e. The van der Waals surface area contributed by atoms with Gasteiger partial charge in [0.05, 0.1) is 12.4 Å². The Morgan fingerprint density at radius 3 is 1.66 bits per heavy atom. The fourth-order valence-electron chi connectivity index (χ4n) is 8.82. The number of aromatic amines is 1. The van der Waals surface area contributed by atoms with Gasteiger partial charge in [-0.25, -0.2) is 28.7 Å². The minimum Gasteiger partial charge on any atom is -0.345 e. The molecule has 0 atom stereocenters. The van der Waals surface area contributed by atoms with Crippen molar-refractivity contribution in [3.63, 3.8) is 0 Å². The molecule has 1 N–H and O–H groups in total. The van der Waals surface area contributed by atoms with Crippen LogP contribution < -0.4 is 19.6 Å². The lowest BCUT2D eigenvalue weighted by atomic mass is 9.72. The number of anilines is 4. The van der Waals surface area contributed by atoms with E-state index in [-0.39, 0.29) is 40.8 Å². The molecule has 0 saturated heterocycles. The van der Waals surface area contributed by atoms with E-state index in [2.05, 4.69) is 67.4 Å². The van der Waals surface area contributed by atoms with Gasteiger partial charge in [-0.3, -0.25) is 14.2 Å². The third kappa shape index (κ3) is 7.25. The standard InChI is InChI=1S/C22H23FN6O.C13H17ClN4O.C9H7FN2/c1-14(2)29-19-17(27(3)20(30)22(29)9-4-10-22)13-25-21(26-19)28-12-11-24-18(28)15-5-7-16(23)8-6-15;1-8(2)18-10-9(7-15-12(14)16-10)17(3)11(19)13(18)5-4-6-13;10-8-3-1-7(2-4-8)9-11-5-6-12-9/h5-8,11-14H,4,9-10H2,1-3H3;7-8H,4-6H2,1-3H3;1-6H,(H,11,12). The highest BCUT2D eigenvalue weighted by molar-refractivity contribution is 6.28. The molecule has 2 aromatic carbocycles. The Hall–Kier alpha value is -6.29. The van der Waals surface area contributed by atoms with Crippen molar-refractivity contribution in [3.05, 3.63) is 103 Å². The summed E-state index contributed by atoms with van der Waals surface area (Å²) in [6, 6.07) is 12.7. The van der Waals surface area contributed by atoms with Gasteiger partial charge in [0.25, 0.3) is 11.8 Å². The van der Waals surface area contributed by atoms with Gasteiger partial charge in [0.1, 0.15) is 45.7 Å². The summed E-state index contributed by atoms with van der Waals surface area (Å²) in [5, 5.41) is 0.224. The number of imidazole rings is 2. The van der Waals surface area contributed by atoms with Crippen LogP contribution in [0.5, 0.6) is 0 Å². The number of nitrogens with one attached hydrogen (secondary N) is 1. The number of hydrogen-bond acceptors (Lipinski definition) is 10. The normalized spacial score (nSPS) is 17.0. The number of fused-ring (bicyclic) bond motifs is 2. The quantitative estimate of drug-likeness (QED) is 0.169. The molecular weight excluding hydrogens is 802 g/mol. The number of rotatable bonds is 5. The summed E-state index contributed by atoms with van der Waals surface area (Å²) in [7, 11) is 3.58. The molecule has 2 amide bonds. The van der Waals surface area contributed by atoms with Crippen LogP contribution in [0.1, 0.15) is 66.2 Å². The lowest BCUT2D eigenvalue weighted by Gasteiger charge is -2.55. The van der Waals surface area contributed by atoms with E-state index in [4.69, 9.17) is 16.6 Å². The molecule has 2 spiro atoms. The molecule has 0 unspecified atom stereocenters. The predicted octanol–water partition coefficient (Wildman–Crippen LogP) is 8.04. The number of nitrogens with zero attached hydrogens (tertiary/aromatic N) is 11. The number of benzene rings is 2. The van der Waals surface area contributed by atoms with E-state index >= 15 is 0 Å². The number of hydrogen-bond donors (Lipinski definition) is 1. The second-order valence-electron chi connectivity index (χ2n) is 16.2. The molecule has 4 aliphatic rings. The number of aromatic nitrogens is 8. The van der Waals surface area contributed by atoms with E-state index in [1.54, 1.807) is 89.9 Å². The minimum absolute atomic E-state index is 0.112. The van der Waals surface area contributed by atoms with Crippen molar-refractivity contribution in [2.45, 2.75) is 89.4 Å². The predicted molar refractivity (Wildman–Crippen MR) is 231 cm³/mol. The third-order valence-corrected chi connectivity index (χ3v) is 12.1. The summed E-state index contributed by atoms with van der Waals surface area (Å²) in [4.78, 5) is 62.7. The van der Waals surface area contributed by atoms with Gasteiger partial charge in [0.2, 0.25) is 11.2 Å². The van der Waals surface area contributed by atoms with Gasteiger partial charge in [-0.2, -0.15) is 9.97 Å².